The normalized spacial score (nSPS) is 35.1. The Kier molecular flexibility index (Phi) is 4.23. The molecule has 1 aliphatic heterocycles. The van der Waals surface area contributed by atoms with Crippen LogP contribution in [0.4, 0.5) is 0 Å². The molecule has 0 aromatic heterocycles. The fourth-order valence-corrected chi connectivity index (χ4v) is 5.36. The number of hydrogen-bond donors (Lipinski definition) is 1. The molecule has 0 radical (unpaired) electrons. The van der Waals surface area contributed by atoms with Gasteiger partial charge in [-0.25, -0.2) is 0 Å². The number of fused-ring (bicyclic) bond motifs is 2. The average molecular weight is 298 g/mol. The van der Waals surface area contributed by atoms with E-state index in [0.717, 1.165) is 18.4 Å². The van der Waals surface area contributed by atoms with Gasteiger partial charge in [-0.3, -0.25) is 0 Å². The molecule has 2 nitrogen and oxygen atoms in total. The van der Waals surface area contributed by atoms with Gasteiger partial charge in [-0.05, 0) is 62.6 Å². The predicted octanol–water partition coefficient (Wildman–Crippen LogP) is 3.78. The molecule has 2 saturated carbocycles. The third kappa shape index (κ3) is 2.72. The summed E-state index contributed by atoms with van der Waals surface area (Å²) < 4.78 is 0. The quantitative estimate of drug-likeness (QED) is 0.890. The first-order chi connectivity index (χ1) is 10.9. The zero-order valence-corrected chi connectivity index (χ0v) is 13.8. The summed E-state index contributed by atoms with van der Waals surface area (Å²) in [5.74, 6) is 1.83. The van der Waals surface area contributed by atoms with Crippen molar-refractivity contribution in [1.29, 1.82) is 0 Å². The van der Waals surface area contributed by atoms with E-state index in [1.54, 1.807) is 5.56 Å². The second-order valence-corrected chi connectivity index (χ2v) is 7.75. The lowest BCUT2D eigenvalue weighted by molar-refractivity contribution is 0.180. The maximum absolute atomic E-state index is 4.05. The number of rotatable bonds is 5. The Labute approximate surface area is 135 Å². The zero-order chi connectivity index (χ0) is 14.8. The monoisotopic (exact) mass is 298 g/mol. The first-order valence-electron chi connectivity index (χ1n) is 9.40. The van der Waals surface area contributed by atoms with Gasteiger partial charge in [0.05, 0.1) is 0 Å². The smallest absolute Gasteiger partial charge is 0.0466 e. The molecule has 1 N–H and O–H groups in total. The molecule has 3 fully saturated rings. The van der Waals surface area contributed by atoms with Gasteiger partial charge in [0, 0.05) is 18.6 Å². The summed E-state index contributed by atoms with van der Waals surface area (Å²) in [5, 5.41) is 4.05. The van der Waals surface area contributed by atoms with Crippen LogP contribution < -0.4 is 5.32 Å². The van der Waals surface area contributed by atoms with Crippen molar-refractivity contribution in [3.63, 3.8) is 0 Å². The van der Waals surface area contributed by atoms with Crippen LogP contribution in [0.2, 0.25) is 0 Å². The molecule has 0 amide bonds. The molecule has 3 aliphatic rings. The molecule has 1 aromatic carbocycles. The van der Waals surface area contributed by atoms with Crippen LogP contribution in [0.15, 0.2) is 30.3 Å². The van der Waals surface area contributed by atoms with Gasteiger partial charge in [-0.1, -0.05) is 43.2 Å². The summed E-state index contributed by atoms with van der Waals surface area (Å²) in [6, 6.07) is 11.3. The van der Waals surface area contributed by atoms with Crippen molar-refractivity contribution in [3.8, 4) is 0 Å². The van der Waals surface area contributed by atoms with Gasteiger partial charge >= 0.3 is 0 Å². The molecular formula is C20H30N2. The summed E-state index contributed by atoms with van der Waals surface area (Å²) in [6.07, 6.45) is 9.93. The highest BCUT2D eigenvalue weighted by molar-refractivity contribution is 5.29. The maximum atomic E-state index is 4.05. The van der Waals surface area contributed by atoms with Crippen LogP contribution in [0.25, 0.3) is 0 Å². The Morgan fingerprint density at radius 1 is 1.05 bits per heavy atom. The van der Waals surface area contributed by atoms with Crippen LogP contribution in [0.3, 0.4) is 0 Å². The molecule has 2 aliphatic carbocycles. The summed E-state index contributed by atoms with van der Waals surface area (Å²) in [4.78, 5) is 2.66. The average Bonchev–Trinajstić information content (AvgIpc) is 3.18. The number of likely N-dealkylation sites (tertiary alicyclic amines) is 1. The Morgan fingerprint density at radius 2 is 1.86 bits per heavy atom. The minimum atomic E-state index is 0.278. The number of hydrogen-bond acceptors (Lipinski definition) is 2. The van der Waals surface area contributed by atoms with Crippen molar-refractivity contribution in [2.45, 2.75) is 50.5 Å². The van der Waals surface area contributed by atoms with Gasteiger partial charge in [0.15, 0.2) is 0 Å². The van der Waals surface area contributed by atoms with Crippen LogP contribution in [0.1, 0.15) is 50.5 Å². The Hall–Kier alpha value is -0.860. The summed E-state index contributed by atoms with van der Waals surface area (Å²) >= 11 is 0. The van der Waals surface area contributed by atoms with E-state index in [1.165, 1.54) is 64.6 Å². The van der Waals surface area contributed by atoms with Crippen LogP contribution in [-0.4, -0.2) is 31.1 Å². The molecule has 1 heterocycles. The second kappa shape index (κ2) is 6.33. The summed E-state index contributed by atoms with van der Waals surface area (Å²) in [7, 11) is 0. The molecule has 1 saturated heterocycles. The summed E-state index contributed by atoms with van der Waals surface area (Å²) in [5.41, 5.74) is 1.82. The lowest BCUT2D eigenvalue weighted by Gasteiger charge is -2.40. The molecular weight excluding hydrogens is 268 g/mol. The lowest BCUT2D eigenvalue weighted by atomic mass is 9.75. The standard InChI is InChI=1S/C20H30N2/c1-3-7-18(8-4-1)20(16-17-9-10-19(20)15-17)21-11-14-22-12-5-2-6-13-22/h1,3-4,7-8,17,19,21H,2,5-6,9-16H2/t17-,19+,20+/m0/s1. The molecule has 1 aromatic rings. The number of piperidine rings is 1. The van der Waals surface area contributed by atoms with Gasteiger partial charge in [-0.2, -0.15) is 0 Å². The van der Waals surface area contributed by atoms with E-state index < -0.39 is 0 Å². The Bertz CT molecular complexity index is 480. The minimum absolute atomic E-state index is 0.278. The van der Waals surface area contributed by atoms with Crippen LogP contribution >= 0.6 is 0 Å². The van der Waals surface area contributed by atoms with Gasteiger partial charge < -0.3 is 10.2 Å². The molecule has 2 bridgehead atoms. The van der Waals surface area contributed by atoms with E-state index >= 15 is 0 Å². The van der Waals surface area contributed by atoms with E-state index in [0.29, 0.717) is 0 Å². The van der Waals surface area contributed by atoms with E-state index in [1.807, 2.05) is 0 Å². The van der Waals surface area contributed by atoms with Gasteiger partial charge in [0.2, 0.25) is 0 Å². The Morgan fingerprint density at radius 3 is 2.55 bits per heavy atom. The highest BCUT2D eigenvalue weighted by Crippen LogP contribution is 2.55. The van der Waals surface area contributed by atoms with Crippen molar-refractivity contribution in [3.05, 3.63) is 35.9 Å². The molecule has 22 heavy (non-hydrogen) atoms. The third-order valence-electron chi connectivity index (χ3n) is 6.45. The van der Waals surface area contributed by atoms with Gasteiger partial charge in [0.25, 0.3) is 0 Å². The first-order valence-corrected chi connectivity index (χ1v) is 9.40. The van der Waals surface area contributed by atoms with E-state index in [-0.39, 0.29) is 5.54 Å². The largest absolute Gasteiger partial charge is 0.306 e. The lowest BCUT2D eigenvalue weighted by Crippen LogP contribution is -2.49. The van der Waals surface area contributed by atoms with Crippen molar-refractivity contribution >= 4 is 0 Å². The van der Waals surface area contributed by atoms with E-state index in [9.17, 15) is 0 Å². The molecule has 4 rings (SSSR count). The van der Waals surface area contributed by atoms with Crippen molar-refractivity contribution in [2.75, 3.05) is 26.2 Å². The highest BCUT2D eigenvalue weighted by Gasteiger charge is 2.51. The summed E-state index contributed by atoms with van der Waals surface area (Å²) in [6.45, 7) is 5.00. The SMILES string of the molecule is c1ccc([C@]2(NCCN3CCCCC3)C[C@H]3CC[C@@H]2C3)cc1. The zero-order valence-electron chi connectivity index (χ0n) is 13.8. The number of benzene rings is 1. The number of nitrogens with one attached hydrogen (secondary N) is 1. The first kappa shape index (κ1) is 14.7. The molecule has 120 valence electrons. The van der Waals surface area contributed by atoms with Crippen molar-refractivity contribution in [2.24, 2.45) is 11.8 Å². The van der Waals surface area contributed by atoms with Crippen LogP contribution in [0, 0.1) is 11.8 Å². The third-order valence-corrected chi connectivity index (χ3v) is 6.45. The molecule has 3 atom stereocenters. The van der Waals surface area contributed by atoms with E-state index in [4.69, 9.17) is 0 Å². The highest BCUT2D eigenvalue weighted by atomic mass is 15.2. The van der Waals surface area contributed by atoms with Crippen LogP contribution in [-0.2, 0) is 5.54 Å². The van der Waals surface area contributed by atoms with Crippen molar-refractivity contribution in [1.82, 2.24) is 10.2 Å². The second-order valence-electron chi connectivity index (χ2n) is 7.75. The maximum Gasteiger partial charge on any atom is 0.0466 e. The van der Waals surface area contributed by atoms with Crippen molar-refractivity contribution < 1.29 is 0 Å². The fraction of sp³-hybridized carbons (Fsp3) is 0.700. The fourth-order valence-electron chi connectivity index (χ4n) is 5.36. The molecule has 0 unspecified atom stereocenters. The molecule has 0 spiro atoms. The Balaban J connectivity index is 1.45. The molecule has 2 heteroatoms. The van der Waals surface area contributed by atoms with Crippen LogP contribution in [0.5, 0.6) is 0 Å². The van der Waals surface area contributed by atoms with Gasteiger partial charge in [0.1, 0.15) is 0 Å². The predicted molar refractivity (Wildman–Crippen MR) is 91.9 cm³/mol. The number of nitrogens with zero attached hydrogens (tertiary/aromatic N) is 1. The van der Waals surface area contributed by atoms with Gasteiger partial charge in [-0.15, -0.1) is 0 Å². The topological polar surface area (TPSA) is 15.3 Å². The van der Waals surface area contributed by atoms with E-state index in [2.05, 4.69) is 40.5 Å². The minimum Gasteiger partial charge on any atom is -0.306 e.